The quantitative estimate of drug-likeness (QED) is 0.381. The molecule has 0 saturated carbocycles. The molecule has 154 valence electrons. The molecule has 1 unspecified atom stereocenters. The van der Waals surface area contributed by atoms with Gasteiger partial charge >= 0.3 is 12.1 Å². The number of fused-ring (bicyclic) bond motifs is 1. The lowest BCUT2D eigenvalue weighted by Crippen LogP contribution is -2.19. The smallest absolute Gasteiger partial charge is 0.416 e. The Morgan fingerprint density at radius 1 is 1.28 bits per heavy atom. The Balaban J connectivity index is 1.89. The van der Waals surface area contributed by atoms with Crippen LogP contribution in [0.3, 0.4) is 0 Å². The number of benzene rings is 2. The third kappa shape index (κ3) is 4.45. The number of alkyl halides is 3. The average Bonchev–Trinajstić information content (AvgIpc) is 3.06. The Morgan fingerprint density at radius 3 is 2.62 bits per heavy atom. The molecule has 1 atom stereocenters. The van der Waals surface area contributed by atoms with E-state index in [-0.39, 0.29) is 12.4 Å². The molecule has 1 heterocycles. The average molecular weight is 431 g/mol. The summed E-state index contributed by atoms with van der Waals surface area (Å²) in [7, 11) is 0. The maximum absolute atomic E-state index is 14.1. The van der Waals surface area contributed by atoms with Crippen LogP contribution >= 0.6 is 11.6 Å². The standard InChI is InChI=1S/C19H15ClF4N2O3/c1-3-28-18(27)10(2)26-9-11-4-5-13(8-16(11)25-26)29-17-14(20)6-12(7-15(17)21)19(22,23)24/h4-10H,3H2,1-2H3. The van der Waals surface area contributed by atoms with Crippen molar-refractivity contribution in [3.63, 3.8) is 0 Å². The fourth-order valence-corrected chi connectivity index (χ4v) is 2.83. The summed E-state index contributed by atoms with van der Waals surface area (Å²) in [6.07, 6.45) is -3.10. The lowest BCUT2D eigenvalue weighted by molar-refractivity contribution is -0.146. The first-order valence-electron chi connectivity index (χ1n) is 8.49. The highest BCUT2D eigenvalue weighted by Gasteiger charge is 2.32. The summed E-state index contributed by atoms with van der Waals surface area (Å²) in [4.78, 5) is 11.9. The van der Waals surface area contributed by atoms with Crippen LogP contribution in [0.2, 0.25) is 5.02 Å². The van der Waals surface area contributed by atoms with Crippen molar-refractivity contribution >= 4 is 28.5 Å². The number of rotatable bonds is 5. The normalized spacial score (nSPS) is 12.8. The molecule has 3 aromatic rings. The van der Waals surface area contributed by atoms with Crippen molar-refractivity contribution in [2.75, 3.05) is 6.61 Å². The SMILES string of the molecule is CCOC(=O)C(C)n1cc2ccc(Oc3c(F)cc(C(F)(F)F)cc3Cl)cc2n1. The molecule has 1 aromatic heterocycles. The number of ether oxygens (including phenoxy) is 2. The molecule has 0 radical (unpaired) electrons. The molecule has 29 heavy (non-hydrogen) atoms. The van der Waals surface area contributed by atoms with E-state index in [2.05, 4.69) is 5.10 Å². The highest BCUT2D eigenvalue weighted by molar-refractivity contribution is 6.32. The fraction of sp³-hybridized carbons (Fsp3) is 0.263. The monoisotopic (exact) mass is 430 g/mol. The summed E-state index contributed by atoms with van der Waals surface area (Å²) >= 11 is 5.78. The predicted molar refractivity (Wildman–Crippen MR) is 97.6 cm³/mol. The predicted octanol–water partition coefficient (Wildman–Crippen LogP) is 5.76. The molecule has 0 saturated heterocycles. The van der Waals surface area contributed by atoms with Gasteiger partial charge in [-0.1, -0.05) is 11.6 Å². The fourth-order valence-electron chi connectivity index (χ4n) is 2.59. The third-order valence-electron chi connectivity index (χ3n) is 4.07. The van der Waals surface area contributed by atoms with Gasteiger partial charge in [0.25, 0.3) is 0 Å². The number of carbonyl (C=O) groups is 1. The maximum Gasteiger partial charge on any atom is 0.416 e. The lowest BCUT2D eigenvalue weighted by atomic mass is 10.2. The second kappa shape index (κ2) is 7.90. The van der Waals surface area contributed by atoms with Crippen LogP contribution in [-0.4, -0.2) is 22.4 Å². The third-order valence-corrected chi connectivity index (χ3v) is 4.35. The Kier molecular flexibility index (Phi) is 5.70. The molecular weight excluding hydrogens is 416 g/mol. The lowest BCUT2D eigenvalue weighted by Gasteiger charge is -2.12. The van der Waals surface area contributed by atoms with Crippen LogP contribution in [0.5, 0.6) is 11.5 Å². The first kappa shape index (κ1) is 20.9. The van der Waals surface area contributed by atoms with Crippen LogP contribution in [0.4, 0.5) is 17.6 Å². The van der Waals surface area contributed by atoms with Crippen molar-refractivity contribution in [1.29, 1.82) is 0 Å². The van der Waals surface area contributed by atoms with E-state index in [9.17, 15) is 22.4 Å². The Labute approximate surface area is 167 Å². The molecule has 2 aromatic carbocycles. The minimum Gasteiger partial charge on any atom is -0.464 e. The van der Waals surface area contributed by atoms with Crippen LogP contribution in [0.25, 0.3) is 10.9 Å². The number of halogens is 5. The molecule has 0 amide bonds. The molecule has 0 aliphatic heterocycles. The summed E-state index contributed by atoms with van der Waals surface area (Å²) in [5.41, 5.74) is -0.781. The van der Waals surface area contributed by atoms with E-state index < -0.39 is 40.3 Å². The van der Waals surface area contributed by atoms with Crippen LogP contribution in [0.15, 0.2) is 36.5 Å². The minimum atomic E-state index is -4.73. The number of nitrogens with zero attached hydrogens (tertiary/aromatic N) is 2. The Morgan fingerprint density at radius 2 is 2.00 bits per heavy atom. The van der Waals surface area contributed by atoms with Gasteiger partial charge in [-0.15, -0.1) is 0 Å². The summed E-state index contributed by atoms with van der Waals surface area (Å²) in [5, 5.41) is 4.43. The van der Waals surface area contributed by atoms with Gasteiger partial charge in [-0.2, -0.15) is 18.3 Å². The van der Waals surface area contributed by atoms with Crippen molar-refractivity contribution in [2.45, 2.75) is 26.1 Å². The number of carbonyl (C=O) groups excluding carboxylic acids is 1. The van der Waals surface area contributed by atoms with Crippen LogP contribution in [-0.2, 0) is 15.7 Å². The molecule has 0 fully saturated rings. The molecular formula is C19H15ClF4N2O3. The molecule has 3 rings (SSSR count). The topological polar surface area (TPSA) is 53.4 Å². The van der Waals surface area contributed by atoms with E-state index in [4.69, 9.17) is 21.1 Å². The van der Waals surface area contributed by atoms with Crippen LogP contribution < -0.4 is 4.74 Å². The van der Waals surface area contributed by atoms with Crippen LogP contribution in [0.1, 0.15) is 25.5 Å². The van der Waals surface area contributed by atoms with E-state index in [1.165, 1.54) is 16.8 Å². The molecule has 0 aliphatic rings. The number of esters is 1. The molecule has 10 heteroatoms. The molecule has 0 bridgehead atoms. The van der Waals surface area contributed by atoms with Crippen molar-refractivity contribution in [3.05, 3.63) is 52.9 Å². The zero-order valence-electron chi connectivity index (χ0n) is 15.3. The Hall–Kier alpha value is -2.81. The van der Waals surface area contributed by atoms with Crippen molar-refractivity contribution in [2.24, 2.45) is 0 Å². The number of aromatic nitrogens is 2. The molecule has 5 nitrogen and oxygen atoms in total. The van der Waals surface area contributed by atoms with Gasteiger partial charge in [-0.3, -0.25) is 4.68 Å². The maximum atomic E-state index is 14.1. The van der Waals surface area contributed by atoms with Crippen LogP contribution in [0, 0.1) is 5.82 Å². The van der Waals surface area contributed by atoms with Gasteiger partial charge in [0.05, 0.1) is 22.7 Å². The summed E-state index contributed by atoms with van der Waals surface area (Å²) in [6.45, 7) is 3.55. The van der Waals surface area contributed by atoms with Gasteiger partial charge in [-0.25, -0.2) is 9.18 Å². The summed E-state index contributed by atoms with van der Waals surface area (Å²) in [5.74, 6) is -2.10. The van der Waals surface area contributed by atoms with E-state index in [1.54, 1.807) is 26.1 Å². The van der Waals surface area contributed by atoms with Gasteiger partial charge in [0.2, 0.25) is 0 Å². The first-order valence-corrected chi connectivity index (χ1v) is 8.87. The van der Waals surface area contributed by atoms with Crippen molar-refractivity contribution in [3.8, 4) is 11.5 Å². The van der Waals surface area contributed by atoms with Gasteiger partial charge in [-0.05, 0) is 38.1 Å². The van der Waals surface area contributed by atoms with E-state index in [1.807, 2.05) is 0 Å². The highest BCUT2D eigenvalue weighted by Crippen LogP contribution is 2.39. The largest absolute Gasteiger partial charge is 0.464 e. The molecule has 0 spiro atoms. The van der Waals surface area contributed by atoms with E-state index in [0.29, 0.717) is 23.0 Å². The minimum absolute atomic E-state index is 0.118. The van der Waals surface area contributed by atoms with Gasteiger partial charge in [0.1, 0.15) is 11.8 Å². The molecule has 0 aliphatic carbocycles. The van der Waals surface area contributed by atoms with Gasteiger partial charge in [0.15, 0.2) is 11.6 Å². The molecule has 0 N–H and O–H groups in total. The summed E-state index contributed by atoms with van der Waals surface area (Å²) in [6, 6.07) is 4.80. The van der Waals surface area contributed by atoms with Crippen molar-refractivity contribution < 1.29 is 31.8 Å². The van der Waals surface area contributed by atoms with Gasteiger partial charge in [0, 0.05) is 17.6 Å². The second-order valence-electron chi connectivity index (χ2n) is 6.13. The van der Waals surface area contributed by atoms with E-state index >= 15 is 0 Å². The van der Waals surface area contributed by atoms with E-state index in [0.717, 1.165) is 0 Å². The first-order chi connectivity index (χ1) is 13.6. The Bertz CT molecular complexity index is 1040. The van der Waals surface area contributed by atoms with Gasteiger partial charge < -0.3 is 9.47 Å². The highest BCUT2D eigenvalue weighted by atomic mass is 35.5. The zero-order chi connectivity index (χ0) is 21.3. The number of hydrogen-bond donors (Lipinski definition) is 0. The number of hydrogen-bond acceptors (Lipinski definition) is 4. The van der Waals surface area contributed by atoms with Crippen molar-refractivity contribution in [1.82, 2.24) is 9.78 Å². The second-order valence-corrected chi connectivity index (χ2v) is 6.53. The zero-order valence-corrected chi connectivity index (χ0v) is 16.0. The summed E-state index contributed by atoms with van der Waals surface area (Å²) < 4.78 is 64.1.